The molecule has 0 saturated heterocycles. The Labute approximate surface area is 76.6 Å². The van der Waals surface area contributed by atoms with Crippen LogP contribution in [0.15, 0.2) is 0 Å². The number of aliphatic carboxylic acids is 1. The van der Waals surface area contributed by atoms with Crippen LogP contribution in [-0.2, 0) is 14.8 Å². The molecule has 0 aliphatic rings. The summed E-state index contributed by atoms with van der Waals surface area (Å²) in [5, 5.41) is 16.6. The lowest BCUT2D eigenvalue weighted by Gasteiger charge is -2.03. The van der Waals surface area contributed by atoms with Crippen molar-refractivity contribution in [1.82, 2.24) is 4.72 Å². The van der Waals surface area contributed by atoms with Crippen molar-refractivity contribution in [3.05, 3.63) is 0 Å². The molecule has 0 saturated carbocycles. The smallest absolute Gasteiger partial charge is 0.303 e. The maximum absolute atomic E-state index is 11.0. The molecule has 0 fully saturated rings. The summed E-state index contributed by atoms with van der Waals surface area (Å²) in [7, 11) is -3.41. The van der Waals surface area contributed by atoms with Gasteiger partial charge in [0.1, 0.15) is 0 Å². The third-order valence-electron chi connectivity index (χ3n) is 1.24. The van der Waals surface area contributed by atoms with Crippen molar-refractivity contribution in [2.75, 3.05) is 18.9 Å². The molecule has 0 heterocycles. The van der Waals surface area contributed by atoms with Crippen molar-refractivity contribution in [3.63, 3.8) is 0 Å². The number of rotatable bonds is 7. The van der Waals surface area contributed by atoms with Crippen LogP contribution in [0.3, 0.4) is 0 Å². The van der Waals surface area contributed by atoms with Crippen LogP contribution in [0.4, 0.5) is 0 Å². The number of carboxylic acids is 1. The fourth-order valence-electron chi connectivity index (χ4n) is 0.687. The van der Waals surface area contributed by atoms with Crippen molar-refractivity contribution in [1.29, 1.82) is 0 Å². The third kappa shape index (κ3) is 7.69. The van der Waals surface area contributed by atoms with E-state index in [-0.39, 0.29) is 31.7 Å². The van der Waals surface area contributed by atoms with Gasteiger partial charge in [-0.05, 0) is 6.42 Å². The van der Waals surface area contributed by atoms with Crippen molar-refractivity contribution < 1.29 is 23.4 Å². The van der Waals surface area contributed by atoms with E-state index >= 15 is 0 Å². The SMILES string of the molecule is O=C(O)CCCS(=O)(=O)NCCO. The zero-order valence-electron chi connectivity index (χ0n) is 7.06. The van der Waals surface area contributed by atoms with Gasteiger partial charge in [0, 0.05) is 13.0 Å². The van der Waals surface area contributed by atoms with Crippen LogP contribution in [0.5, 0.6) is 0 Å². The van der Waals surface area contributed by atoms with Crippen molar-refractivity contribution in [2.24, 2.45) is 0 Å². The monoisotopic (exact) mass is 211 g/mol. The first-order chi connectivity index (χ1) is 5.98. The van der Waals surface area contributed by atoms with Gasteiger partial charge >= 0.3 is 5.97 Å². The predicted octanol–water partition coefficient (Wildman–Crippen LogP) is -1.24. The Balaban J connectivity index is 3.70. The zero-order valence-corrected chi connectivity index (χ0v) is 7.88. The van der Waals surface area contributed by atoms with Crippen molar-refractivity contribution in [2.45, 2.75) is 12.8 Å². The first-order valence-electron chi connectivity index (χ1n) is 3.78. The Morgan fingerprint density at radius 1 is 1.38 bits per heavy atom. The number of hydrogen-bond acceptors (Lipinski definition) is 4. The van der Waals surface area contributed by atoms with Gasteiger partial charge in [0.05, 0.1) is 12.4 Å². The molecule has 0 aliphatic heterocycles. The fraction of sp³-hybridized carbons (Fsp3) is 0.833. The summed E-state index contributed by atoms with van der Waals surface area (Å²) >= 11 is 0. The van der Waals surface area contributed by atoms with Gasteiger partial charge in [-0.15, -0.1) is 0 Å². The second-order valence-corrected chi connectivity index (χ2v) is 4.36. The number of nitrogens with one attached hydrogen (secondary N) is 1. The number of aliphatic hydroxyl groups is 1. The highest BCUT2D eigenvalue weighted by Gasteiger charge is 2.09. The fourth-order valence-corrected chi connectivity index (χ4v) is 1.76. The Morgan fingerprint density at radius 3 is 2.46 bits per heavy atom. The van der Waals surface area contributed by atoms with Crippen LogP contribution in [0.2, 0.25) is 0 Å². The minimum atomic E-state index is -3.41. The predicted molar refractivity (Wildman–Crippen MR) is 45.7 cm³/mol. The lowest BCUT2D eigenvalue weighted by molar-refractivity contribution is -0.137. The van der Waals surface area contributed by atoms with E-state index in [4.69, 9.17) is 10.2 Å². The highest BCUT2D eigenvalue weighted by atomic mass is 32.2. The van der Waals surface area contributed by atoms with E-state index in [1.807, 2.05) is 0 Å². The van der Waals surface area contributed by atoms with Gasteiger partial charge in [-0.25, -0.2) is 13.1 Å². The average Bonchev–Trinajstić information content (AvgIpc) is 2.00. The molecule has 7 heteroatoms. The molecule has 0 rings (SSSR count). The number of carboxylic acid groups (broad SMARTS) is 1. The normalized spacial score (nSPS) is 11.5. The van der Waals surface area contributed by atoms with E-state index in [2.05, 4.69) is 4.72 Å². The van der Waals surface area contributed by atoms with Gasteiger partial charge < -0.3 is 10.2 Å². The summed E-state index contributed by atoms with van der Waals surface area (Å²) in [5.41, 5.74) is 0. The minimum Gasteiger partial charge on any atom is -0.481 e. The lowest BCUT2D eigenvalue weighted by atomic mass is 10.3. The minimum absolute atomic E-state index is 0.0323. The lowest BCUT2D eigenvalue weighted by Crippen LogP contribution is -2.29. The Kier molecular flexibility index (Phi) is 5.60. The Bertz CT molecular complexity index is 248. The van der Waals surface area contributed by atoms with Crippen LogP contribution in [-0.4, -0.2) is 43.5 Å². The van der Waals surface area contributed by atoms with Gasteiger partial charge in [0.15, 0.2) is 0 Å². The van der Waals surface area contributed by atoms with Gasteiger partial charge in [-0.2, -0.15) is 0 Å². The molecule has 0 aromatic heterocycles. The molecule has 3 N–H and O–H groups in total. The molecule has 0 spiro atoms. The molecular weight excluding hydrogens is 198 g/mol. The maximum atomic E-state index is 11.0. The standard InChI is InChI=1S/C6H13NO5S/c8-4-3-7-13(11,12)5-1-2-6(9)10/h7-8H,1-5H2,(H,9,10). The summed E-state index contributed by atoms with van der Waals surface area (Å²) in [6, 6.07) is 0. The van der Waals surface area contributed by atoms with Gasteiger partial charge in [-0.1, -0.05) is 0 Å². The molecule has 13 heavy (non-hydrogen) atoms. The van der Waals surface area contributed by atoms with E-state index in [9.17, 15) is 13.2 Å². The summed E-state index contributed by atoms with van der Waals surface area (Å²) in [4.78, 5) is 10.0. The van der Waals surface area contributed by atoms with Gasteiger partial charge in [-0.3, -0.25) is 4.79 Å². The molecule has 0 bridgehead atoms. The van der Waals surface area contributed by atoms with E-state index in [1.165, 1.54) is 0 Å². The van der Waals surface area contributed by atoms with Gasteiger partial charge in [0.2, 0.25) is 10.0 Å². The number of aliphatic hydroxyl groups excluding tert-OH is 1. The first kappa shape index (κ1) is 12.3. The Morgan fingerprint density at radius 2 is 2.00 bits per heavy atom. The molecule has 0 radical (unpaired) electrons. The average molecular weight is 211 g/mol. The summed E-state index contributed by atoms with van der Waals surface area (Å²) in [6.07, 6.45) is -0.0872. The number of hydrogen-bond donors (Lipinski definition) is 3. The van der Waals surface area contributed by atoms with E-state index in [0.29, 0.717) is 0 Å². The molecule has 6 nitrogen and oxygen atoms in total. The first-order valence-corrected chi connectivity index (χ1v) is 5.43. The Hall–Kier alpha value is -0.660. The van der Waals surface area contributed by atoms with Crippen LogP contribution in [0.25, 0.3) is 0 Å². The molecule has 0 aromatic rings. The number of carbonyl (C=O) groups is 1. The maximum Gasteiger partial charge on any atom is 0.303 e. The highest BCUT2D eigenvalue weighted by molar-refractivity contribution is 7.89. The van der Waals surface area contributed by atoms with Crippen LogP contribution in [0, 0.1) is 0 Å². The van der Waals surface area contributed by atoms with Crippen molar-refractivity contribution >= 4 is 16.0 Å². The molecule has 0 amide bonds. The molecule has 0 aliphatic carbocycles. The zero-order chi connectivity index (χ0) is 10.3. The molecule has 0 atom stereocenters. The highest BCUT2D eigenvalue weighted by Crippen LogP contribution is 1.93. The van der Waals surface area contributed by atoms with Crippen LogP contribution in [0.1, 0.15) is 12.8 Å². The van der Waals surface area contributed by atoms with E-state index in [1.54, 1.807) is 0 Å². The summed E-state index contributed by atoms with van der Waals surface area (Å²) in [5.74, 6) is -1.24. The van der Waals surface area contributed by atoms with E-state index in [0.717, 1.165) is 0 Å². The van der Waals surface area contributed by atoms with Crippen molar-refractivity contribution in [3.8, 4) is 0 Å². The summed E-state index contributed by atoms with van der Waals surface area (Å²) in [6.45, 7) is -0.298. The topological polar surface area (TPSA) is 104 Å². The molecule has 78 valence electrons. The third-order valence-corrected chi connectivity index (χ3v) is 2.71. The second-order valence-electron chi connectivity index (χ2n) is 2.43. The quantitative estimate of drug-likeness (QED) is 0.489. The number of sulfonamides is 1. The molecular formula is C6H13NO5S. The molecule has 0 unspecified atom stereocenters. The van der Waals surface area contributed by atoms with Gasteiger partial charge in [0.25, 0.3) is 0 Å². The largest absolute Gasteiger partial charge is 0.481 e. The van der Waals surface area contributed by atoms with E-state index < -0.39 is 16.0 Å². The van der Waals surface area contributed by atoms with Crippen LogP contribution < -0.4 is 4.72 Å². The van der Waals surface area contributed by atoms with Crippen LogP contribution >= 0.6 is 0 Å². The summed E-state index contributed by atoms with van der Waals surface area (Å²) < 4.78 is 24.0. The molecule has 0 aromatic carbocycles. The second kappa shape index (κ2) is 5.90.